The van der Waals surface area contributed by atoms with Gasteiger partial charge in [-0.15, -0.1) is 0 Å². The van der Waals surface area contributed by atoms with Crippen LogP contribution in [0.2, 0.25) is 0 Å². The number of fused-ring (bicyclic) bond motifs is 1. The molecule has 1 aromatic carbocycles. The number of imide groups is 1. The van der Waals surface area contributed by atoms with Crippen LogP contribution in [0.3, 0.4) is 0 Å². The van der Waals surface area contributed by atoms with Crippen LogP contribution in [-0.4, -0.2) is 29.2 Å². The van der Waals surface area contributed by atoms with Crippen molar-refractivity contribution in [3.63, 3.8) is 0 Å². The number of allylic oxidation sites excluding steroid dienone is 2. The van der Waals surface area contributed by atoms with E-state index >= 15 is 0 Å². The normalized spacial score (nSPS) is 30.6. The summed E-state index contributed by atoms with van der Waals surface area (Å²) in [6.45, 7) is 1.77. The van der Waals surface area contributed by atoms with Crippen LogP contribution in [0.25, 0.3) is 0 Å². The van der Waals surface area contributed by atoms with E-state index in [9.17, 15) is 14.4 Å². The summed E-state index contributed by atoms with van der Waals surface area (Å²) in [5.74, 6) is -0.893. The summed E-state index contributed by atoms with van der Waals surface area (Å²) in [6, 6.07) is 7.43. The second-order valence-electron chi connectivity index (χ2n) is 7.02. The maximum atomic E-state index is 12.7. The molecule has 0 unspecified atom stereocenters. The Bertz CT molecular complexity index is 705. The van der Waals surface area contributed by atoms with E-state index in [0.717, 1.165) is 23.3 Å². The zero-order valence-corrected chi connectivity index (χ0v) is 13.6. The molecule has 1 aliphatic heterocycles. The molecule has 1 N–H and O–H groups in total. The SMILES string of the molecule is Cc1ccc(NC(=O)CN2C(=O)[C@@H]3[C@@H](C2=O)[C@H]2C=C[C@H]3CC2)cc1. The van der Waals surface area contributed by atoms with Gasteiger partial charge in [-0.05, 0) is 43.7 Å². The minimum absolute atomic E-state index is 0.154. The molecule has 4 aliphatic rings. The fraction of sp³-hybridized carbons (Fsp3) is 0.421. The van der Waals surface area contributed by atoms with Crippen LogP contribution in [0.1, 0.15) is 18.4 Å². The molecule has 3 aliphatic carbocycles. The molecular formula is C19H20N2O3. The highest BCUT2D eigenvalue weighted by atomic mass is 16.2. The van der Waals surface area contributed by atoms with E-state index in [1.165, 1.54) is 0 Å². The van der Waals surface area contributed by atoms with E-state index in [2.05, 4.69) is 17.5 Å². The highest BCUT2D eigenvalue weighted by Crippen LogP contribution is 2.49. The minimum Gasteiger partial charge on any atom is -0.325 e. The number of amides is 3. The highest BCUT2D eigenvalue weighted by Gasteiger charge is 2.56. The summed E-state index contributed by atoms with van der Waals surface area (Å²) in [4.78, 5) is 38.7. The number of hydrogen-bond donors (Lipinski definition) is 1. The lowest BCUT2D eigenvalue weighted by Crippen LogP contribution is -2.38. The van der Waals surface area contributed by atoms with Crippen molar-refractivity contribution in [2.24, 2.45) is 23.7 Å². The number of hydrogen-bond acceptors (Lipinski definition) is 3. The third-order valence-electron chi connectivity index (χ3n) is 5.49. The molecule has 1 saturated heterocycles. The van der Waals surface area contributed by atoms with Gasteiger partial charge in [-0.25, -0.2) is 0 Å². The van der Waals surface area contributed by atoms with Crippen molar-refractivity contribution in [3.05, 3.63) is 42.0 Å². The predicted octanol–water partition coefficient (Wildman–Crippen LogP) is 2.13. The van der Waals surface area contributed by atoms with Crippen molar-refractivity contribution in [1.82, 2.24) is 4.90 Å². The quantitative estimate of drug-likeness (QED) is 0.684. The second kappa shape index (κ2) is 5.58. The van der Waals surface area contributed by atoms with Gasteiger partial charge in [0.05, 0.1) is 11.8 Å². The van der Waals surface area contributed by atoms with Crippen molar-refractivity contribution in [1.29, 1.82) is 0 Å². The first-order valence-corrected chi connectivity index (χ1v) is 8.44. The van der Waals surface area contributed by atoms with Crippen molar-refractivity contribution >= 4 is 23.4 Å². The van der Waals surface area contributed by atoms with Gasteiger partial charge in [0.25, 0.3) is 0 Å². The molecule has 5 rings (SSSR count). The molecule has 4 atom stereocenters. The van der Waals surface area contributed by atoms with Gasteiger partial charge < -0.3 is 5.32 Å². The largest absolute Gasteiger partial charge is 0.325 e. The van der Waals surface area contributed by atoms with Gasteiger partial charge >= 0.3 is 0 Å². The van der Waals surface area contributed by atoms with Crippen LogP contribution in [0.15, 0.2) is 36.4 Å². The molecule has 2 fully saturated rings. The van der Waals surface area contributed by atoms with Crippen molar-refractivity contribution in [2.75, 3.05) is 11.9 Å². The molecule has 5 heteroatoms. The van der Waals surface area contributed by atoms with Gasteiger partial charge in [-0.3, -0.25) is 19.3 Å². The van der Waals surface area contributed by atoms with E-state index in [1.807, 2.05) is 31.2 Å². The summed E-state index contributed by atoms with van der Waals surface area (Å²) in [5, 5.41) is 2.76. The number of carbonyl (C=O) groups is 3. The van der Waals surface area contributed by atoms with E-state index in [-0.39, 0.29) is 47.9 Å². The van der Waals surface area contributed by atoms with Crippen LogP contribution in [0.5, 0.6) is 0 Å². The van der Waals surface area contributed by atoms with Crippen LogP contribution < -0.4 is 5.32 Å². The van der Waals surface area contributed by atoms with Gasteiger partial charge in [0.1, 0.15) is 6.54 Å². The van der Waals surface area contributed by atoms with E-state index in [0.29, 0.717) is 5.69 Å². The minimum atomic E-state index is -0.334. The molecule has 124 valence electrons. The maximum absolute atomic E-state index is 12.7. The molecule has 24 heavy (non-hydrogen) atoms. The van der Waals surface area contributed by atoms with Gasteiger partial charge in [-0.2, -0.15) is 0 Å². The summed E-state index contributed by atoms with van der Waals surface area (Å²) in [6.07, 6.45) is 6.09. The zero-order chi connectivity index (χ0) is 16.8. The first-order valence-electron chi connectivity index (χ1n) is 8.44. The molecule has 0 spiro atoms. The lowest BCUT2D eigenvalue weighted by molar-refractivity contribution is -0.142. The number of nitrogens with one attached hydrogen (secondary N) is 1. The lowest BCUT2D eigenvalue weighted by atomic mass is 9.63. The maximum Gasteiger partial charge on any atom is 0.244 e. The Labute approximate surface area is 140 Å². The van der Waals surface area contributed by atoms with Crippen molar-refractivity contribution < 1.29 is 14.4 Å². The Morgan fingerprint density at radius 2 is 1.58 bits per heavy atom. The topological polar surface area (TPSA) is 66.5 Å². The van der Waals surface area contributed by atoms with Crippen LogP contribution >= 0.6 is 0 Å². The molecule has 5 nitrogen and oxygen atoms in total. The van der Waals surface area contributed by atoms with Gasteiger partial charge in [0.2, 0.25) is 17.7 Å². The van der Waals surface area contributed by atoms with Crippen LogP contribution in [0, 0.1) is 30.6 Å². The molecule has 1 saturated carbocycles. The Balaban J connectivity index is 1.47. The fourth-order valence-corrected chi connectivity index (χ4v) is 4.27. The van der Waals surface area contributed by atoms with Gasteiger partial charge in [0.15, 0.2) is 0 Å². The first kappa shape index (κ1) is 15.1. The number of aryl methyl sites for hydroxylation is 1. The number of likely N-dealkylation sites (tertiary alicyclic amines) is 1. The summed E-state index contributed by atoms with van der Waals surface area (Å²) >= 11 is 0. The van der Waals surface area contributed by atoms with E-state index < -0.39 is 0 Å². The molecule has 0 radical (unpaired) electrons. The Hall–Kier alpha value is -2.43. The van der Waals surface area contributed by atoms with Gasteiger partial charge in [0, 0.05) is 5.69 Å². The molecule has 3 amide bonds. The molecule has 2 bridgehead atoms. The van der Waals surface area contributed by atoms with Crippen molar-refractivity contribution in [2.45, 2.75) is 19.8 Å². The summed E-state index contributed by atoms with van der Waals surface area (Å²) in [7, 11) is 0. The number of carbonyl (C=O) groups excluding carboxylic acids is 3. The highest BCUT2D eigenvalue weighted by molar-refractivity contribution is 6.09. The number of benzene rings is 1. The lowest BCUT2D eigenvalue weighted by Gasteiger charge is -2.38. The average Bonchev–Trinajstić information content (AvgIpc) is 2.85. The Morgan fingerprint density at radius 3 is 2.08 bits per heavy atom. The fourth-order valence-electron chi connectivity index (χ4n) is 4.27. The van der Waals surface area contributed by atoms with E-state index in [4.69, 9.17) is 0 Å². The molecule has 1 heterocycles. The Morgan fingerprint density at radius 1 is 1.04 bits per heavy atom. The number of rotatable bonds is 3. The standard InChI is InChI=1S/C19H20N2O3/c1-11-2-8-14(9-3-11)20-15(22)10-21-18(23)16-12-4-5-13(7-6-12)17(16)19(21)24/h2-5,8-9,12-13,16-17H,6-7,10H2,1H3,(H,20,22)/t12-,13-,16-,17-/m0/s1. The number of anilines is 1. The molecular weight excluding hydrogens is 304 g/mol. The van der Waals surface area contributed by atoms with Gasteiger partial charge in [-0.1, -0.05) is 29.8 Å². The second-order valence-corrected chi connectivity index (χ2v) is 7.02. The smallest absolute Gasteiger partial charge is 0.244 e. The third kappa shape index (κ3) is 2.35. The third-order valence-corrected chi connectivity index (χ3v) is 5.49. The zero-order valence-electron chi connectivity index (χ0n) is 13.6. The van der Waals surface area contributed by atoms with Crippen molar-refractivity contribution in [3.8, 4) is 0 Å². The summed E-state index contributed by atoms with van der Waals surface area (Å²) in [5.41, 5.74) is 1.77. The first-order chi connectivity index (χ1) is 11.5. The predicted molar refractivity (Wildman–Crippen MR) is 88.9 cm³/mol. The summed E-state index contributed by atoms with van der Waals surface area (Å²) < 4.78 is 0. The Kier molecular flexibility index (Phi) is 3.52. The molecule has 1 aromatic rings. The average molecular weight is 324 g/mol. The van der Waals surface area contributed by atoms with E-state index in [1.54, 1.807) is 0 Å². The monoisotopic (exact) mass is 324 g/mol. The van der Waals surface area contributed by atoms with Crippen LogP contribution in [0.4, 0.5) is 5.69 Å². The molecule has 0 aromatic heterocycles. The number of nitrogens with zero attached hydrogens (tertiary/aromatic N) is 1. The van der Waals surface area contributed by atoms with Crippen LogP contribution in [-0.2, 0) is 14.4 Å².